The number of carbonyl (C=O) groups excluding carboxylic acids is 1. The summed E-state index contributed by atoms with van der Waals surface area (Å²) < 4.78 is 14.6. The van der Waals surface area contributed by atoms with Crippen molar-refractivity contribution >= 4 is 5.91 Å². The van der Waals surface area contributed by atoms with Gasteiger partial charge in [0.25, 0.3) is 0 Å². The van der Waals surface area contributed by atoms with E-state index in [0.717, 1.165) is 0 Å². The van der Waals surface area contributed by atoms with E-state index in [0.29, 0.717) is 17.8 Å². The lowest BCUT2D eigenvalue weighted by molar-refractivity contribution is -0.124. The molecule has 2 aromatic rings. The Labute approximate surface area is 109 Å². The fourth-order valence-electron chi connectivity index (χ4n) is 1.87. The molecule has 1 amide bonds. The second kappa shape index (κ2) is 5.55. The number of tetrazole rings is 1. The monoisotopic (exact) mass is 263 g/mol. The van der Waals surface area contributed by atoms with Gasteiger partial charge in [0, 0.05) is 13.5 Å². The normalized spacial score (nSPS) is 12.2. The van der Waals surface area contributed by atoms with Crippen molar-refractivity contribution in [3.05, 3.63) is 41.5 Å². The first kappa shape index (κ1) is 13.1. The van der Waals surface area contributed by atoms with Gasteiger partial charge in [-0.3, -0.25) is 4.79 Å². The maximum absolute atomic E-state index is 13.2. The first-order valence-electron chi connectivity index (χ1n) is 5.82. The molecule has 1 atom stereocenters. The van der Waals surface area contributed by atoms with Gasteiger partial charge in [0.2, 0.25) is 5.91 Å². The zero-order valence-electron chi connectivity index (χ0n) is 10.7. The van der Waals surface area contributed by atoms with Crippen LogP contribution in [0.2, 0.25) is 0 Å². The molecule has 19 heavy (non-hydrogen) atoms. The van der Waals surface area contributed by atoms with Gasteiger partial charge in [-0.2, -0.15) is 0 Å². The topological polar surface area (TPSA) is 72.7 Å². The molecule has 0 saturated carbocycles. The third-order valence-corrected chi connectivity index (χ3v) is 2.82. The van der Waals surface area contributed by atoms with Crippen molar-refractivity contribution in [3.63, 3.8) is 0 Å². The number of aryl methyl sites for hydroxylation is 1. The molecule has 0 aliphatic heterocycles. The van der Waals surface area contributed by atoms with Crippen molar-refractivity contribution in [1.29, 1.82) is 0 Å². The first-order chi connectivity index (χ1) is 9.11. The summed E-state index contributed by atoms with van der Waals surface area (Å²) in [7, 11) is 1.54. The number of hydrogen-bond acceptors (Lipinski definition) is 4. The number of aromatic nitrogens is 4. The van der Waals surface area contributed by atoms with Gasteiger partial charge in [0.1, 0.15) is 17.7 Å². The van der Waals surface area contributed by atoms with Crippen LogP contribution < -0.4 is 5.32 Å². The lowest BCUT2D eigenvalue weighted by atomic mass is 10.1. The van der Waals surface area contributed by atoms with Crippen LogP contribution in [0.5, 0.6) is 0 Å². The quantitative estimate of drug-likeness (QED) is 0.879. The molecule has 0 bridgehead atoms. The highest BCUT2D eigenvalue weighted by molar-refractivity contribution is 5.80. The van der Waals surface area contributed by atoms with Gasteiger partial charge in [-0.15, -0.1) is 5.10 Å². The Hall–Kier alpha value is -2.31. The Kier molecular flexibility index (Phi) is 3.84. The molecule has 2 rings (SSSR count). The second-order valence-electron chi connectivity index (χ2n) is 4.13. The van der Waals surface area contributed by atoms with E-state index in [1.165, 1.54) is 16.8 Å². The molecule has 100 valence electrons. The van der Waals surface area contributed by atoms with Gasteiger partial charge in [-0.1, -0.05) is 12.1 Å². The number of benzene rings is 1. The molecular weight excluding hydrogens is 249 g/mol. The molecule has 0 radical (unpaired) electrons. The van der Waals surface area contributed by atoms with Crippen LogP contribution in [0.1, 0.15) is 17.4 Å². The van der Waals surface area contributed by atoms with E-state index in [1.807, 2.05) is 0 Å². The summed E-state index contributed by atoms with van der Waals surface area (Å²) >= 11 is 0. The summed E-state index contributed by atoms with van der Waals surface area (Å²) in [6.45, 7) is 1.71. The number of halogens is 1. The number of hydrogen-bond donors (Lipinski definition) is 1. The number of amides is 1. The molecule has 7 heteroatoms. The standard InChI is InChI=1S/C12H14FN5O/c1-8-15-16-17-18(8)11(12(19)14-2)7-9-4-3-5-10(13)6-9/h3-6,11H,7H2,1-2H3,(H,14,19). The SMILES string of the molecule is CNC(=O)C(Cc1cccc(F)c1)n1nnnc1C. The maximum Gasteiger partial charge on any atom is 0.245 e. The van der Waals surface area contributed by atoms with Crippen molar-refractivity contribution in [3.8, 4) is 0 Å². The van der Waals surface area contributed by atoms with Crippen LogP contribution in [0.25, 0.3) is 0 Å². The summed E-state index contributed by atoms with van der Waals surface area (Å²) in [6, 6.07) is 5.54. The van der Waals surface area contributed by atoms with Crippen LogP contribution in [-0.2, 0) is 11.2 Å². The highest BCUT2D eigenvalue weighted by Gasteiger charge is 2.23. The Morgan fingerprint density at radius 1 is 1.53 bits per heavy atom. The zero-order chi connectivity index (χ0) is 13.8. The Morgan fingerprint density at radius 3 is 2.89 bits per heavy atom. The van der Waals surface area contributed by atoms with Crippen LogP contribution in [0.3, 0.4) is 0 Å². The van der Waals surface area contributed by atoms with Crippen molar-refractivity contribution < 1.29 is 9.18 Å². The minimum absolute atomic E-state index is 0.223. The lowest BCUT2D eigenvalue weighted by Gasteiger charge is -2.16. The summed E-state index contributed by atoms with van der Waals surface area (Å²) in [5.41, 5.74) is 0.712. The molecule has 1 heterocycles. The van der Waals surface area contributed by atoms with Gasteiger partial charge < -0.3 is 5.32 Å². The Balaban J connectivity index is 2.29. The van der Waals surface area contributed by atoms with E-state index in [-0.39, 0.29) is 11.7 Å². The number of nitrogens with one attached hydrogen (secondary N) is 1. The first-order valence-corrected chi connectivity index (χ1v) is 5.82. The maximum atomic E-state index is 13.2. The van der Waals surface area contributed by atoms with E-state index < -0.39 is 6.04 Å². The molecule has 0 aliphatic rings. The number of likely N-dealkylation sites (N-methyl/N-ethyl adjacent to an activating group) is 1. The molecule has 0 fully saturated rings. The number of carbonyl (C=O) groups is 1. The average molecular weight is 263 g/mol. The molecule has 0 saturated heterocycles. The second-order valence-corrected chi connectivity index (χ2v) is 4.13. The van der Waals surface area contributed by atoms with E-state index in [2.05, 4.69) is 20.8 Å². The van der Waals surface area contributed by atoms with E-state index in [1.54, 1.807) is 26.1 Å². The van der Waals surface area contributed by atoms with Crippen molar-refractivity contribution in [2.24, 2.45) is 0 Å². The summed E-state index contributed by atoms with van der Waals surface area (Å²) in [6.07, 6.45) is 0.323. The van der Waals surface area contributed by atoms with Gasteiger partial charge in [0.15, 0.2) is 0 Å². The summed E-state index contributed by atoms with van der Waals surface area (Å²) in [4.78, 5) is 11.9. The largest absolute Gasteiger partial charge is 0.357 e. The molecule has 0 spiro atoms. The van der Waals surface area contributed by atoms with Crippen molar-refractivity contribution in [1.82, 2.24) is 25.5 Å². The smallest absolute Gasteiger partial charge is 0.245 e. The lowest BCUT2D eigenvalue weighted by Crippen LogP contribution is -2.32. The summed E-state index contributed by atoms with van der Waals surface area (Å²) in [5.74, 6) is -0.0220. The molecule has 1 N–H and O–H groups in total. The third kappa shape index (κ3) is 2.93. The van der Waals surface area contributed by atoms with E-state index >= 15 is 0 Å². The van der Waals surface area contributed by atoms with Crippen LogP contribution in [0.4, 0.5) is 4.39 Å². The molecular formula is C12H14FN5O. The van der Waals surface area contributed by atoms with Gasteiger partial charge in [0.05, 0.1) is 0 Å². The van der Waals surface area contributed by atoms with Gasteiger partial charge in [-0.05, 0) is 35.0 Å². The fraction of sp³-hybridized carbons (Fsp3) is 0.333. The molecule has 1 aromatic heterocycles. The zero-order valence-corrected chi connectivity index (χ0v) is 10.7. The van der Waals surface area contributed by atoms with Crippen LogP contribution >= 0.6 is 0 Å². The van der Waals surface area contributed by atoms with E-state index in [4.69, 9.17) is 0 Å². The van der Waals surface area contributed by atoms with Crippen LogP contribution in [-0.4, -0.2) is 33.2 Å². The predicted octanol–water partition coefficient (Wildman–Crippen LogP) is 0.650. The molecule has 6 nitrogen and oxygen atoms in total. The molecule has 1 unspecified atom stereocenters. The minimum atomic E-state index is -0.596. The Morgan fingerprint density at radius 2 is 2.32 bits per heavy atom. The van der Waals surface area contributed by atoms with E-state index in [9.17, 15) is 9.18 Å². The third-order valence-electron chi connectivity index (χ3n) is 2.82. The van der Waals surface area contributed by atoms with Crippen LogP contribution in [0, 0.1) is 12.7 Å². The van der Waals surface area contributed by atoms with Gasteiger partial charge in [-0.25, -0.2) is 9.07 Å². The average Bonchev–Trinajstić information content (AvgIpc) is 2.81. The molecule has 0 aliphatic carbocycles. The summed E-state index contributed by atoms with van der Waals surface area (Å²) in [5, 5.41) is 13.7. The minimum Gasteiger partial charge on any atom is -0.357 e. The number of rotatable bonds is 4. The fourth-order valence-corrected chi connectivity index (χ4v) is 1.87. The number of nitrogens with zero attached hydrogens (tertiary/aromatic N) is 4. The Bertz CT molecular complexity index is 583. The molecule has 1 aromatic carbocycles. The highest BCUT2D eigenvalue weighted by atomic mass is 19.1. The highest BCUT2D eigenvalue weighted by Crippen LogP contribution is 2.15. The van der Waals surface area contributed by atoms with Crippen molar-refractivity contribution in [2.75, 3.05) is 7.05 Å². The van der Waals surface area contributed by atoms with Crippen LogP contribution in [0.15, 0.2) is 24.3 Å². The van der Waals surface area contributed by atoms with Gasteiger partial charge >= 0.3 is 0 Å². The predicted molar refractivity (Wildman–Crippen MR) is 65.8 cm³/mol. The van der Waals surface area contributed by atoms with Crippen molar-refractivity contribution in [2.45, 2.75) is 19.4 Å².